The van der Waals surface area contributed by atoms with Crippen LogP contribution in [0.15, 0.2) is 0 Å². The van der Waals surface area contributed by atoms with E-state index in [1.54, 1.807) is 0 Å². The van der Waals surface area contributed by atoms with Crippen LogP contribution in [0, 0.1) is 0 Å². The zero-order valence-electron chi connectivity index (χ0n) is 9.00. The van der Waals surface area contributed by atoms with Crippen molar-refractivity contribution in [2.24, 2.45) is 0 Å². The van der Waals surface area contributed by atoms with Gasteiger partial charge in [-0.1, -0.05) is 0 Å². The van der Waals surface area contributed by atoms with Gasteiger partial charge < -0.3 is 20.0 Å². The quantitative estimate of drug-likeness (QED) is 0.647. The molecule has 1 unspecified atom stereocenters. The zero-order chi connectivity index (χ0) is 11.7. The molecule has 0 aromatic rings. The smallest absolute Gasteiger partial charge is 0.326 e. The number of nitrogens with zero attached hydrogens (tertiary/aromatic N) is 2. The average Bonchev–Trinajstić information content (AvgIpc) is 2.84. The van der Waals surface area contributed by atoms with E-state index in [2.05, 4.69) is 0 Å². The number of rotatable bonds is 1. The highest BCUT2D eigenvalue weighted by Crippen LogP contribution is 2.21. The molecular weight excluding hydrogens is 212 g/mol. The molecule has 2 N–H and O–H groups in total. The van der Waals surface area contributed by atoms with Crippen LogP contribution in [0.3, 0.4) is 0 Å². The van der Waals surface area contributed by atoms with Gasteiger partial charge in [0.25, 0.3) is 0 Å². The first-order valence-corrected chi connectivity index (χ1v) is 5.56. The SMILES string of the molecule is O=C(O)[C@H]1CCCN1C(=O)N1CCC(O)C1. The molecule has 2 aliphatic rings. The molecule has 2 aliphatic heterocycles. The number of aliphatic hydroxyl groups is 1. The fourth-order valence-corrected chi connectivity index (χ4v) is 2.35. The highest BCUT2D eigenvalue weighted by molar-refractivity contribution is 5.83. The fourth-order valence-electron chi connectivity index (χ4n) is 2.35. The van der Waals surface area contributed by atoms with Crippen LogP contribution in [0.5, 0.6) is 0 Å². The summed E-state index contributed by atoms with van der Waals surface area (Å²) < 4.78 is 0. The maximum Gasteiger partial charge on any atom is 0.326 e. The summed E-state index contributed by atoms with van der Waals surface area (Å²) in [5.74, 6) is -0.939. The van der Waals surface area contributed by atoms with Gasteiger partial charge in [0.2, 0.25) is 0 Å². The van der Waals surface area contributed by atoms with Gasteiger partial charge in [-0.2, -0.15) is 0 Å². The summed E-state index contributed by atoms with van der Waals surface area (Å²) in [5.41, 5.74) is 0. The van der Waals surface area contributed by atoms with E-state index in [9.17, 15) is 14.7 Å². The molecule has 0 bridgehead atoms. The largest absolute Gasteiger partial charge is 0.480 e. The van der Waals surface area contributed by atoms with Gasteiger partial charge in [-0.25, -0.2) is 9.59 Å². The van der Waals surface area contributed by atoms with Crippen molar-refractivity contribution < 1.29 is 19.8 Å². The predicted molar refractivity (Wildman–Crippen MR) is 55.0 cm³/mol. The number of likely N-dealkylation sites (tertiary alicyclic amines) is 2. The summed E-state index contributed by atoms with van der Waals surface area (Å²) in [5, 5.41) is 18.3. The number of carbonyl (C=O) groups is 2. The maximum atomic E-state index is 12.0. The van der Waals surface area contributed by atoms with Crippen molar-refractivity contribution in [1.29, 1.82) is 0 Å². The lowest BCUT2D eigenvalue weighted by atomic mass is 10.2. The Hall–Kier alpha value is -1.30. The molecule has 2 heterocycles. The van der Waals surface area contributed by atoms with Crippen LogP contribution in [0.1, 0.15) is 19.3 Å². The second-order valence-corrected chi connectivity index (χ2v) is 4.36. The first-order valence-electron chi connectivity index (χ1n) is 5.56. The van der Waals surface area contributed by atoms with Gasteiger partial charge in [-0.15, -0.1) is 0 Å². The third-order valence-electron chi connectivity index (χ3n) is 3.22. The van der Waals surface area contributed by atoms with E-state index in [-0.39, 0.29) is 6.03 Å². The lowest BCUT2D eigenvalue weighted by Crippen LogP contribution is -2.47. The van der Waals surface area contributed by atoms with E-state index in [4.69, 9.17) is 5.11 Å². The summed E-state index contributed by atoms with van der Waals surface area (Å²) >= 11 is 0. The molecule has 2 atom stereocenters. The molecule has 0 radical (unpaired) electrons. The van der Waals surface area contributed by atoms with E-state index in [1.807, 2.05) is 0 Å². The van der Waals surface area contributed by atoms with Crippen molar-refractivity contribution in [3.05, 3.63) is 0 Å². The van der Waals surface area contributed by atoms with Crippen molar-refractivity contribution in [3.8, 4) is 0 Å². The minimum absolute atomic E-state index is 0.249. The highest BCUT2D eigenvalue weighted by Gasteiger charge is 2.37. The van der Waals surface area contributed by atoms with Crippen LogP contribution in [0.2, 0.25) is 0 Å². The van der Waals surface area contributed by atoms with Gasteiger partial charge in [-0.3, -0.25) is 0 Å². The maximum absolute atomic E-state index is 12.0. The van der Waals surface area contributed by atoms with E-state index in [1.165, 1.54) is 9.80 Å². The molecule has 90 valence electrons. The number of urea groups is 1. The minimum atomic E-state index is -0.939. The fraction of sp³-hybridized carbons (Fsp3) is 0.800. The first-order chi connectivity index (χ1) is 7.59. The van der Waals surface area contributed by atoms with Gasteiger partial charge in [0.15, 0.2) is 0 Å². The summed E-state index contributed by atoms with van der Waals surface area (Å²) in [6.07, 6.45) is 1.38. The van der Waals surface area contributed by atoms with E-state index >= 15 is 0 Å². The topological polar surface area (TPSA) is 81.1 Å². The van der Waals surface area contributed by atoms with Gasteiger partial charge >= 0.3 is 12.0 Å². The molecule has 2 saturated heterocycles. The summed E-state index contributed by atoms with van der Waals surface area (Å²) in [4.78, 5) is 25.9. The summed E-state index contributed by atoms with van der Waals surface area (Å²) in [6.45, 7) is 1.34. The number of carbonyl (C=O) groups excluding carboxylic acids is 1. The number of aliphatic carboxylic acids is 1. The number of hydrogen-bond donors (Lipinski definition) is 2. The molecule has 0 saturated carbocycles. The number of carboxylic acid groups (broad SMARTS) is 1. The van der Waals surface area contributed by atoms with E-state index < -0.39 is 18.1 Å². The third kappa shape index (κ3) is 1.97. The van der Waals surface area contributed by atoms with E-state index in [0.29, 0.717) is 32.5 Å². The highest BCUT2D eigenvalue weighted by atomic mass is 16.4. The van der Waals surface area contributed by atoms with Crippen molar-refractivity contribution in [3.63, 3.8) is 0 Å². The van der Waals surface area contributed by atoms with Gasteiger partial charge in [0, 0.05) is 19.6 Å². The van der Waals surface area contributed by atoms with Crippen LogP contribution < -0.4 is 0 Å². The molecule has 6 heteroatoms. The molecule has 0 aromatic heterocycles. The number of amides is 2. The number of carboxylic acids is 1. The molecule has 2 rings (SSSR count). The molecule has 6 nitrogen and oxygen atoms in total. The van der Waals surface area contributed by atoms with Crippen molar-refractivity contribution >= 4 is 12.0 Å². The predicted octanol–water partition coefficient (Wildman–Crippen LogP) is -0.278. The van der Waals surface area contributed by atoms with Gasteiger partial charge in [0.05, 0.1) is 6.10 Å². The lowest BCUT2D eigenvalue weighted by molar-refractivity contribution is -0.141. The van der Waals surface area contributed by atoms with Crippen molar-refractivity contribution in [2.75, 3.05) is 19.6 Å². The lowest BCUT2D eigenvalue weighted by Gasteiger charge is -2.27. The average molecular weight is 228 g/mol. The van der Waals surface area contributed by atoms with Gasteiger partial charge in [-0.05, 0) is 19.3 Å². The second kappa shape index (κ2) is 4.29. The van der Waals surface area contributed by atoms with Gasteiger partial charge in [0.1, 0.15) is 6.04 Å². The Morgan fingerprint density at radius 3 is 2.50 bits per heavy atom. The van der Waals surface area contributed by atoms with Crippen molar-refractivity contribution in [2.45, 2.75) is 31.4 Å². The van der Waals surface area contributed by atoms with Crippen LogP contribution in [0.25, 0.3) is 0 Å². The van der Waals surface area contributed by atoms with Crippen LogP contribution in [0.4, 0.5) is 4.79 Å². The molecule has 0 aromatic carbocycles. The first kappa shape index (κ1) is 11.2. The monoisotopic (exact) mass is 228 g/mol. The number of β-amino-alcohol motifs (C(OH)–C–C–N with tert-alkyl or cyclic N) is 1. The molecule has 16 heavy (non-hydrogen) atoms. The van der Waals surface area contributed by atoms with Crippen molar-refractivity contribution in [1.82, 2.24) is 9.80 Å². The molecule has 2 amide bonds. The molecular formula is C10H16N2O4. The number of aliphatic hydroxyl groups excluding tert-OH is 1. The van der Waals surface area contributed by atoms with E-state index in [0.717, 1.165) is 6.42 Å². The Balaban J connectivity index is 2.01. The Labute approximate surface area is 93.4 Å². The zero-order valence-corrected chi connectivity index (χ0v) is 9.00. The second-order valence-electron chi connectivity index (χ2n) is 4.36. The molecule has 2 fully saturated rings. The third-order valence-corrected chi connectivity index (χ3v) is 3.22. The molecule has 0 spiro atoms. The standard InChI is InChI=1S/C10H16N2O4/c13-7-3-5-11(6-7)10(16)12-4-1-2-8(12)9(14)15/h7-8,13H,1-6H2,(H,14,15)/t7?,8-/m1/s1. The summed E-state index contributed by atoms with van der Waals surface area (Å²) in [6, 6.07) is -0.938. The normalized spacial score (nSPS) is 29.8. The Kier molecular flexibility index (Phi) is 3.00. The molecule has 0 aliphatic carbocycles. The van der Waals surface area contributed by atoms with Crippen LogP contribution in [-0.4, -0.2) is 63.8 Å². The number of hydrogen-bond acceptors (Lipinski definition) is 3. The van der Waals surface area contributed by atoms with Crippen LogP contribution in [-0.2, 0) is 4.79 Å². The summed E-state index contributed by atoms with van der Waals surface area (Å²) in [7, 11) is 0. The Morgan fingerprint density at radius 2 is 1.94 bits per heavy atom. The van der Waals surface area contributed by atoms with Crippen LogP contribution >= 0.6 is 0 Å². The minimum Gasteiger partial charge on any atom is -0.480 e. The Morgan fingerprint density at radius 1 is 1.19 bits per heavy atom. The Bertz CT molecular complexity index is 307.